The summed E-state index contributed by atoms with van der Waals surface area (Å²) in [5, 5.41) is 0. The molecule has 2 fully saturated rings. The second-order valence-electron chi connectivity index (χ2n) is 7.77. The molecule has 1 aromatic rings. The lowest BCUT2D eigenvalue weighted by atomic mass is 9.77. The summed E-state index contributed by atoms with van der Waals surface area (Å²) in [6.45, 7) is 7.24. The van der Waals surface area contributed by atoms with Crippen molar-refractivity contribution in [2.45, 2.75) is 51.6 Å². The number of sulfonamides is 1. The number of ether oxygens (including phenoxy) is 1. The van der Waals surface area contributed by atoms with Gasteiger partial charge >= 0.3 is 0 Å². The van der Waals surface area contributed by atoms with Gasteiger partial charge in [0.25, 0.3) is 0 Å². The Balaban J connectivity index is 1.63. The van der Waals surface area contributed by atoms with Crippen LogP contribution in [0.1, 0.15) is 50.3 Å². The molecule has 6 heteroatoms. The molecular weight excluding hydrogens is 348 g/mol. The minimum atomic E-state index is -3.13. The molecule has 4 rings (SSSR count). The highest BCUT2D eigenvalue weighted by Crippen LogP contribution is 2.44. The maximum Gasteiger partial charge on any atom is 0.214 e. The molecule has 144 valence electrons. The molecule has 0 saturated carbocycles. The summed E-state index contributed by atoms with van der Waals surface area (Å²) in [6.07, 6.45) is 4.12. The summed E-state index contributed by atoms with van der Waals surface area (Å²) in [4.78, 5) is 2.59. The average Bonchev–Trinajstić information content (AvgIpc) is 2.66. The summed E-state index contributed by atoms with van der Waals surface area (Å²) in [6, 6.07) is 6.96. The van der Waals surface area contributed by atoms with E-state index < -0.39 is 10.0 Å². The van der Waals surface area contributed by atoms with Gasteiger partial charge in [-0.2, -0.15) is 4.31 Å². The quantitative estimate of drug-likeness (QED) is 0.808. The van der Waals surface area contributed by atoms with Crippen LogP contribution in [0, 0.1) is 5.92 Å². The summed E-state index contributed by atoms with van der Waals surface area (Å²) in [5.41, 5.74) is 2.74. The van der Waals surface area contributed by atoms with Crippen molar-refractivity contribution in [1.29, 1.82) is 0 Å². The molecule has 0 amide bonds. The first-order chi connectivity index (χ1) is 12.5. The van der Waals surface area contributed by atoms with Crippen molar-refractivity contribution in [3.8, 4) is 5.75 Å². The molecule has 0 unspecified atom stereocenters. The molecule has 0 spiro atoms. The first-order valence-electron chi connectivity index (χ1n) is 10.0. The number of hydrogen-bond acceptors (Lipinski definition) is 4. The van der Waals surface area contributed by atoms with Crippen molar-refractivity contribution < 1.29 is 13.2 Å². The molecule has 3 aliphatic rings. The lowest BCUT2D eigenvalue weighted by Gasteiger charge is -2.51. The van der Waals surface area contributed by atoms with Crippen LogP contribution < -0.4 is 4.74 Å². The van der Waals surface area contributed by atoms with Crippen LogP contribution in [-0.2, 0) is 16.4 Å². The van der Waals surface area contributed by atoms with Gasteiger partial charge in [-0.1, -0.05) is 6.07 Å². The predicted octanol–water partition coefficient (Wildman–Crippen LogP) is 2.82. The standard InChI is InChI=1S/C20H30N2O3S/c1-3-25-17-7-8-18-15(12-17)9-11-21-14-16-6-5-10-22(26(23,24)4-2)19(16)13-20(18)21/h7-8,12,16,19-20H,3-6,9-11,13-14H2,1-2H3/t16-,19+,20-/m1/s1. The van der Waals surface area contributed by atoms with E-state index in [2.05, 4.69) is 23.1 Å². The van der Waals surface area contributed by atoms with E-state index in [1.807, 2.05) is 11.2 Å². The Morgan fingerprint density at radius 1 is 1.23 bits per heavy atom. The molecule has 3 atom stereocenters. The van der Waals surface area contributed by atoms with Crippen molar-refractivity contribution in [1.82, 2.24) is 9.21 Å². The fraction of sp³-hybridized carbons (Fsp3) is 0.700. The Morgan fingerprint density at radius 3 is 2.85 bits per heavy atom. The maximum absolute atomic E-state index is 12.6. The van der Waals surface area contributed by atoms with Gasteiger partial charge in [0.15, 0.2) is 0 Å². The van der Waals surface area contributed by atoms with E-state index in [-0.39, 0.29) is 11.8 Å². The normalized spacial score (nSPS) is 29.5. The van der Waals surface area contributed by atoms with Gasteiger partial charge in [-0.15, -0.1) is 0 Å². The molecule has 0 radical (unpaired) electrons. The molecule has 3 heterocycles. The van der Waals surface area contributed by atoms with E-state index in [1.165, 1.54) is 11.1 Å². The van der Waals surface area contributed by atoms with Gasteiger partial charge in [-0.05, 0) is 68.7 Å². The van der Waals surface area contributed by atoms with Gasteiger partial charge in [0.1, 0.15) is 5.75 Å². The fourth-order valence-electron chi connectivity index (χ4n) is 5.16. The zero-order chi connectivity index (χ0) is 18.3. The first kappa shape index (κ1) is 18.3. The maximum atomic E-state index is 12.6. The number of nitrogens with zero attached hydrogens (tertiary/aromatic N) is 2. The molecule has 26 heavy (non-hydrogen) atoms. The summed E-state index contributed by atoms with van der Waals surface area (Å²) >= 11 is 0. The summed E-state index contributed by atoms with van der Waals surface area (Å²) < 4.78 is 32.8. The zero-order valence-corrected chi connectivity index (χ0v) is 16.7. The van der Waals surface area contributed by atoms with Crippen LogP contribution in [0.4, 0.5) is 0 Å². The molecule has 3 aliphatic heterocycles. The zero-order valence-electron chi connectivity index (χ0n) is 15.9. The van der Waals surface area contributed by atoms with Gasteiger partial charge in [-0.25, -0.2) is 8.42 Å². The Kier molecular flexibility index (Phi) is 5.01. The SMILES string of the molecule is CCOc1ccc2c(c1)CCN1C[C@H]3CCCN(S(=O)(=O)CC)[C@H]3C[C@H]21. The Bertz CT molecular complexity index is 764. The van der Waals surface area contributed by atoms with Crippen LogP contribution in [0.15, 0.2) is 18.2 Å². The van der Waals surface area contributed by atoms with Crippen LogP contribution in [0.25, 0.3) is 0 Å². The van der Waals surface area contributed by atoms with Crippen molar-refractivity contribution in [2.24, 2.45) is 5.92 Å². The third-order valence-electron chi connectivity index (χ3n) is 6.42. The molecule has 0 aromatic heterocycles. The topological polar surface area (TPSA) is 49.9 Å². The summed E-state index contributed by atoms with van der Waals surface area (Å²) in [7, 11) is -3.13. The highest BCUT2D eigenvalue weighted by Gasteiger charge is 2.45. The highest BCUT2D eigenvalue weighted by molar-refractivity contribution is 7.89. The minimum Gasteiger partial charge on any atom is -0.494 e. The second kappa shape index (κ2) is 7.13. The van der Waals surface area contributed by atoms with E-state index in [1.54, 1.807) is 6.92 Å². The molecular formula is C20H30N2O3S. The Labute approximate surface area is 157 Å². The van der Waals surface area contributed by atoms with Crippen LogP contribution in [0.2, 0.25) is 0 Å². The Hall–Kier alpha value is -1.11. The van der Waals surface area contributed by atoms with E-state index >= 15 is 0 Å². The van der Waals surface area contributed by atoms with E-state index in [0.717, 1.165) is 44.5 Å². The summed E-state index contributed by atoms with van der Waals surface area (Å²) in [5.74, 6) is 1.63. The van der Waals surface area contributed by atoms with Gasteiger partial charge in [0, 0.05) is 31.7 Å². The average molecular weight is 379 g/mol. The van der Waals surface area contributed by atoms with Crippen LogP contribution in [0.3, 0.4) is 0 Å². The minimum absolute atomic E-state index is 0.160. The molecule has 2 saturated heterocycles. The molecule has 5 nitrogen and oxygen atoms in total. The van der Waals surface area contributed by atoms with Gasteiger partial charge < -0.3 is 4.74 Å². The van der Waals surface area contributed by atoms with Crippen LogP contribution >= 0.6 is 0 Å². The number of benzene rings is 1. The predicted molar refractivity (Wildman–Crippen MR) is 103 cm³/mol. The number of hydrogen-bond donors (Lipinski definition) is 0. The van der Waals surface area contributed by atoms with E-state index in [0.29, 0.717) is 25.1 Å². The number of piperidine rings is 2. The molecule has 0 aliphatic carbocycles. The van der Waals surface area contributed by atoms with Crippen LogP contribution in [0.5, 0.6) is 5.75 Å². The fourth-order valence-corrected chi connectivity index (χ4v) is 6.57. The lowest BCUT2D eigenvalue weighted by Crippen LogP contribution is -2.57. The highest BCUT2D eigenvalue weighted by atomic mass is 32.2. The lowest BCUT2D eigenvalue weighted by molar-refractivity contribution is 0.0220. The van der Waals surface area contributed by atoms with Gasteiger partial charge in [0.05, 0.1) is 12.4 Å². The van der Waals surface area contributed by atoms with Crippen molar-refractivity contribution >= 4 is 10.0 Å². The van der Waals surface area contributed by atoms with E-state index in [9.17, 15) is 8.42 Å². The van der Waals surface area contributed by atoms with Crippen molar-refractivity contribution in [3.63, 3.8) is 0 Å². The number of rotatable bonds is 4. The smallest absolute Gasteiger partial charge is 0.214 e. The first-order valence-corrected chi connectivity index (χ1v) is 11.6. The van der Waals surface area contributed by atoms with Crippen LogP contribution in [-0.4, -0.2) is 55.7 Å². The van der Waals surface area contributed by atoms with Gasteiger partial charge in [-0.3, -0.25) is 4.90 Å². The van der Waals surface area contributed by atoms with E-state index in [4.69, 9.17) is 4.74 Å². The Morgan fingerprint density at radius 2 is 2.08 bits per heavy atom. The molecule has 1 aromatic carbocycles. The third kappa shape index (κ3) is 3.16. The monoisotopic (exact) mass is 378 g/mol. The second-order valence-corrected chi connectivity index (χ2v) is 9.98. The largest absolute Gasteiger partial charge is 0.494 e. The molecule has 0 bridgehead atoms. The van der Waals surface area contributed by atoms with Gasteiger partial charge in [0.2, 0.25) is 10.0 Å². The number of fused-ring (bicyclic) bond motifs is 4. The third-order valence-corrected chi connectivity index (χ3v) is 8.31. The van der Waals surface area contributed by atoms with Crippen molar-refractivity contribution in [2.75, 3.05) is 32.0 Å². The molecule has 0 N–H and O–H groups in total. The van der Waals surface area contributed by atoms with Crippen molar-refractivity contribution in [3.05, 3.63) is 29.3 Å².